The Hall–Kier alpha value is -2.34. The summed E-state index contributed by atoms with van der Waals surface area (Å²) in [6.45, 7) is 0.297. The Morgan fingerprint density at radius 1 is 1.30 bits per heavy atom. The van der Waals surface area contributed by atoms with Crippen molar-refractivity contribution in [3.63, 3.8) is 0 Å². The van der Waals surface area contributed by atoms with Crippen LogP contribution in [0, 0.1) is 15.9 Å². The van der Waals surface area contributed by atoms with Gasteiger partial charge < -0.3 is 10.4 Å². The van der Waals surface area contributed by atoms with Crippen molar-refractivity contribution < 1.29 is 14.4 Å². The van der Waals surface area contributed by atoms with Gasteiger partial charge in [-0.05, 0) is 29.8 Å². The highest BCUT2D eigenvalue weighted by atomic mass is 35.5. The van der Waals surface area contributed by atoms with Gasteiger partial charge >= 0.3 is 0 Å². The Morgan fingerprint density at radius 2 is 2.05 bits per heavy atom. The van der Waals surface area contributed by atoms with Crippen LogP contribution >= 0.6 is 11.6 Å². The van der Waals surface area contributed by atoms with E-state index in [-0.39, 0.29) is 10.7 Å². The van der Waals surface area contributed by atoms with Gasteiger partial charge in [-0.3, -0.25) is 10.1 Å². The molecule has 0 heterocycles. The van der Waals surface area contributed by atoms with Crippen LogP contribution in [-0.2, 0) is 6.54 Å². The summed E-state index contributed by atoms with van der Waals surface area (Å²) in [4.78, 5) is 10.0. The fourth-order valence-corrected chi connectivity index (χ4v) is 1.88. The van der Waals surface area contributed by atoms with Crippen molar-refractivity contribution in [2.24, 2.45) is 0 Å². The lowest BCUT2D eigenvalue weighted by atomic mass is 10.2. The number of phenols is 1. The van der Waals surface area contributed by atoms with E-state index in [0.717, 1.165) is 0 Å². The SMILES string of the molecule is O=[N+]([O-])c1ccc(NCc2ccc(O)c(F)c2)cc1Cl. The Morgan fingerprint density at radius 3 is 2.65 bits per heavy atom. The lowest BCUT2D eigenvalue weighted by molar-refractivity contribution is -0.384. The summed E-state index contributed by atoms with van der Waals surface area (Å²) in [6, 6.07) is 8.27. The number of aromatic hydroxyl groups is 1. The first-order valence-electron chi connectivity index (χ1n) is 5.62. The molecule has 0 saturated heterocycles. The number of benzene rings is 2. The molecule has 0 aromatic heterocycles. The van der Waals surface area contributed by atoms with Crippen molar-refractivity contribution in [2.45, 2.75) is 6.54 Å². The second kappa shape index (κ2) is 5.75. The molecule has 0 atom stereocenters. The van der Waals surface area contributed by atoms with Crippen molar-refractivity contribution in [1.29, 1.82) is 0 Å². The van der Waals surface area contributed by atoms with E-state index in [4.69, 9.17) is 16.7 Å². The van der Waals surface area contributed by atoms with E-state index in [1.54, 1.807) is 6.07 Å². The van der Waals surface area contributed by atoms with Crippen LogP contribution < -0.4 is 5.32 Å². The summed E-state index contributed by atoms with van der Waals surface area (Å²) in [5.41, 5.74) is 1.02. The lowest BCUT2D eigenvalue weighted by Gasteiger charge is -2.07. The first-order chi connectivity index (χ1) is 9.47. The first-order valence-corrected chi connectivity index (χ1v) is 6.00. The van der Waals surface area contributed by atoms with E-state index in [1.165, 1.54) is 30.3 Å². The maximum atomic E-state index is 13.1. The molecule has 0 radical (unpaired) electrons. The molecular weight excluding hydrogens is 287 g/mol. The fourth-order valence-electron chi connectivity index (χ4n) is 1.63. The smallest absolute Gasteiger partial charge is 0.288 e. The zero-order chi connectivity index (χ0) is 14.7. The Bertz CT molecular complexity index is 664. The largest absolute Gasteiger partial charge is 0.505 e. The number of phenolic OH excluding ortho intramolecular Hbond substituents is 1. The van der Waals surface area contributed by atoms with Gasteiger partial charge in [-0.1, -0.05) is 17.7 Å². The minimum absolute atomic E-state index is 0.0249. The fraction of sp³-hybridized carbons (Fsp3) is 0.0769. The van der Waals surface area contributed by atoms with Crippen LogP contribution in [0.1, 0.15) is 5.56 Å². The van der Waals surface area contributed by atoms with E-state index in [1.807, 2.05) is 0 Å². The third-order valence-electron chi connectivity index (χ3n) is 2.65. The minimum atomic E-state index is -0.703. The normalized spacial score (nSPS) is 10.3. The summed E-state index contributed by atoms with van der Waals surface area (Å²) in [7, 11) is 0. The average molecular weight is 297 g/mol. The molecule has 104 valence electrons. The zero-order valence-corrected chi connectivity index (χ0v) is 10.9. The van der Waals surface area contributed by atoms with Gasteiger partial charge in [0.05, 0.1) is 4.92 Å². The maximum Gasteiger partial charge on any atom is 0.288 e. The van der Waals surface area contributed by atoms with E-state index < -0.39 is 16.5 Å². The molecule has 2 N–H and O–H groups in total. The van der Waals surface area contributed by atoms with Crippen molar-refractivity contribution in [2.75, 3.05) is 5.32 Å². The van der Waals surface area contributed by atoms with Crippen LogP contribution in [0.3, 0.4) is 0 Å². The zero-order valence-electron chi connectivity index (χ0n) is 10.1. The van der Waals surface area contributed by atoms with Gasteiger partial charge in [-0.2, -0.15) is 0 Å². The van der Waals surface area contributed by atoms with E-state index in [0.29, 0.717) is 17.8 Å². The highest BCUT2D eigenvalue weighted by Gasteiger charge is 2.11. The van der Waals surface area contributed by atoms with Gasteiger partial charge in [0.15, 0.2) is 11.6 Å². The molecule has 0 bridgehead atoms. The Kier molecular flexibility index (Phi) is 4.05. The quantitative estimate of drug-likeness (QED) is 0.666. The third kappa shape index (κ3) is 3.16. The van der Waals surface area contributed by atoms with Crippen molar-refractivity contribution in [3.8, 4) is 5.75 Å². The van der Waals surface area contributed by atoms with Crippen LogP contribution in [0.25, 0.3) is 0 Å². The number of halogens is 2. The highest BCUT2D eigenvalue weighted by Crippen LogP contribution is 2.27. The molecule has 7 heteroatoms. The molecule has 2 aromatic rings. The van der Waals surface area contributed by atoms with Crippen molar-refractivity contribution in [1.82, 2.24) is 0 Å². The van der Waals surface area contributed by atoms with Crippen LogP contribution in [0.4, 0.5) is 15.8 Å². The molecule has 2 aromatic carbocycles. The van der Waals surface area contributed by atoms with Gasteiger partial charge in [0, 0.05) is 18.3 Å². The molecule has 0 aliphatic carbocycles. The summed E-state index contributed by atoms with van der Waals surface area (Å²) in [6.07, 6.45) is 0. The number of hydrogen-bond acceptors (Lipinski definition) is 4. The van der Waals surface area contributed by atoms with E-state index in [2.05, 4.69) is 5.32 Å². The second-order valence-electron chi connectivity index (χ2n) is 4.06. The summed E-state index contributed by atoms with van der Waals surface area (Å²) < 4.78 is 13.1. The van der Waals surface area contributed by atoms with Gasteiger partial charge in [0.25, 0.3) is 5.69 Å². The van der Waals surface area contributed by atoms with Gasteiger partial charge in [-0.25, -0.2) is 4.39 Å². The van der Waals surface area contributed by atoms with Crippen LogP contribution in [0.2, 0.25) is 5.02 Å². The maximum absolute atomic E-state index is 13.1. The van der Waals surface area contributed by atoms with Gasteiger partial charge in [0.2, 0.25) is 0 Å². The molecule has 0 unspecified atom stereocenters. The molecule has 0 amide bonds. The number of hydrogen-bond donors (Lipinski definition) is 2. The summed E-state index contributed by atoms with van der Waals surface area (Å²) >= 11 is 5.78. The number of nitro benzene ring substituents is 1. The molecule has 5 nitrogen and oxygen atoms in total. The number of rotatable bonds is 4. The minimum Gasteiger partial charge on any atom is -0.505 e. The van der Waals surface area contributed by atoms with Crippen LogP contribution in [-0.4, -0.2) is 10.0 Å². The third-order valence-corrected chi connectivity index (χ3v) is 2.96. The first kappa shape index (κ1) is 14.1. The predicted octanol–water partition coefficient (Wildman–Crippen LogP) is 3.71. The van der Waals surface area contributed by atoms with Crippen molar-refractivity contribution >= 4 is 23.0 Å². The van der Waals surface area contributed by atoms with Crippen LogP contribution in [0.15, 0.2) is 36.4 Å². The average Bonchev–Trinajstić information content (AvgIpc) is 2.40. The van der Waals surface area contributed by atoms with Crippen LogP contribution in [0.5, 0.6) is 5.75 Å². The molecule has 0 spiro atoms. The van der Waals surface area contributed by atoms with E-state index >= 15 is 0 Å². The molecule has 0 aliphatic heterocycles. The van der Waals surface area contributed by atoms with Crippen molar-refractivity contribution in [3.05, 3.63) is 62.9 Å². The summed E-state index contributed by atoms with van der Waals surface area (Å²) in [5, 5.41) is 22.7. The lowest BCUT2D eigenvalue weighted by Crippen LogP contribution is -2.00. The number of nitrogens with zero attached hydrogens (tertiary/aromatic N) is 1. The number of nitro groups is 1. The molecule has 0 fully saturated rings. The molecule has 20 heavy (non-hydrogen) atoms. The summed E-state index contributed by atoms with van der Waals surface area (Å²) in [5.74, 6) is -1.11. The monoisotopic (exact) mass is 296 g/mol. The molecule has 2 rings (SSSR count). The molecule has 0 saturated carbocycles. The Labute approximate surface area is 118 Å². The van der Waals surface area contributed by atoms with Gasteiger partial charge in [0.1, 0.15) is 5.02 Å². The molecule has 0 aliphatic rings. The van der Waals surface area contributed by atoms with Gasteiger partial charge in [-0.15, -0.1) is 0 Å². The standard InChI is InChI=1S/C13H10ClFN2O3/c14-10-6-9(2-3-12(10)17(19)20)16-7-8-1-4-13(18)11(15)5-8/h1-6,16,18H,7H2. The molecular formula is C13H10ClFN2O3. The topological polar surface area (TPSA) is 75.4 Å². The number of anilines is 1. The highest BCUT2D eigenvalue weighted by molar-refractivity contribution is 6.32. The Balaban J connectivity index is 2.09. The number of nitrogens with one attached hydrogen (secondary N) is 1. The second-order valence-corrected chi connectivity index (χ2v) is 4.47. The predicted molar refractivity (Wildman–Crippen MR) is 73.5 cm³/mol. The van der Waals surface area contributed by atoms with E-state index in [9.17, 15) is 14.5 Å².